The number of piperazine rings is 1. The highest BCUT2D eigenvalue weighted by molar-refractivity contribution is 7.18. The van der Waals surface area contributed by atoms with Gasteiger partial charge in [0.15, 0.2) is 0 Å². The van der Waals surface area contributed by atoms with Crippen LogP contribution in [0, 0.1) is 0 Å². The Morgan fingerprint density at radius 1 is 1.17 bits per heavy atom. The molecule has 0 aliphatic carbocycles. The molecule has 2 amide bonds. The van der Waals surface area contributed by atoms with Crippen LogP contribution in [-0.2, 0) is 12.6 Å². The molecule has 1 aliphatic heterocycles. The average molecular weight is 443 g/mol. The molecule has 1 fully saturated rings. The van der Waals surface area contributed by atoms with Crippen molar-refractivity contribution in [1.29, 1.82) is 0 Å². The highest BCUT2D eigenvalue weighted by Gasteiger charge is 2.36. The number of amides is 2. The Morgan fingerprint density at radius 3 is 2.59 bits per heavy atom. The van der Waals surface area contributed by atoms with E-state index in [0.717, 1.165) is 22.5 Å². The number of alkyl halides is 3. The maximum Gasteiger partial charge on any atom is 0.445 e. The van der Waals surface area contributed by atoms with E-state index in [1.807, 2.05) is 0 Å². The minimum atomic E-state index is -4.57. The number of carbonyl (C=O) groups excluding carboxylic acids is 1. The van der Waals surface area contributed by atoms with Gasteiger partial charge in [-0.3, -0.25) is 5.32 Å². The molecule has 29 heavy (non-hydrogen) atoms. The number of anilines is 2. The Kier molecular flexibility index (Phi) is 5.25. The summed E-state index contributed by atoms with van der Waals surface area (Å²) in [4.78, 5) is 26.9. The van der Waals surface area contributed by atoms with Crippen LogP contribution in [0.5, 0.6) is 0 Å². The molecule has 0 radical (unpaired) electrons. The maximum absolute atomic E-state index is 12.6. The van der Waals surface area contributed by atoms with Crippen molar-refractivity contribution in [2.24, 2.45) is 0 Å². The Bertz CT molecular complexity index is 1030. The molecule has 1 N–H and O–H groups in total. The van der Waals surface area contributed by atoms with Gasteiger partial charge in [-0.1, -0.05) is 18.3 Å². The zero-order valence-electron chi connectivity index (χ0n) is 15.2. The second-order valence-electron chi connectivity index (χ2n) is 6.30. The van der Waals surface area contributed by atoms with E-state index in [0.29, 0.717) is 37.5 Å². The number of thiophene rings is 1. The molecule has 3 aromatic heterocycles. The van der Waals surface area contributed by atoms with Crippen molar-refractivity contribution >= 4 is 49.9 Å². The summed E-state index contributed by atoms with van der Waals surface area (Å²) in [5.41, 5.74) is 0. The van der Waals surface area contributed by atoms with E-state index >= 15 is 0 Å². The first kappa shape index (κ1) is 19.8. The van der Waals surface area contributed by atoms with Crippen molar-refractivity contribution < 1.29 is 18.0 Å². The molecule has 13 heteroatoms. The lowest BCUT2D eigenvalue weighted by Gasteiger charge is -2.35. The van der Waals surface area contributed by atoms with Crippen LogP contribution in [0.25, 0.3) is 10.2 Å². The second-order valence-corrected chi connectivity index (χ2v) is 8.39. The minimum Gasteiger partial charge on any atom is -0.352 e. The van der Waals surface area contributed by atoms with Crippen LogP contribution in [-0.4, -0.2) is 57.3 Å². The van der Waals surface area contributed by atoms with Gasteiger partial charge in [-0.05, 0) is 12.5 Å². The second kappa shape index (κ2) is 7.71. The molecule has 0 bridgehead atoms. The van der Waals surface area contributed by atoms with E-state index in [2.05, 4.69) is 43.4 Å². The zero-order valence-corrected chi connectivity index (χ0v) is 16.9. The number of hydrogen-bond acceptors (Lipinski definition) is 8. The summed E-state index contributed by atoms with van der Waals surface area (Å²) >= 11 is 1.95. The molecule has 0 saturated carbocycles. The van der Waals surface area contributed by atoms with Gasteiger partial charge in [-0.25, -0.2) is 14.8 Å². The van der Waals surface area contributed by atoms with Gasteiger partial charge < -0.3 is 9.80 Å². The summed E-state index contributed by atoms with van der Waals surface area (Å²) in [6.07, 6.45) is -2.11. The Morgan fingerprint density at radius 2 is 1.93 bits per heavy atom. The van der Waals surface area contributed by atoms with Gasteiger partial charge in [0.2, 0.25) is 10.1 Å². The number of urea groups is 1. The van der Waals surface area contributed by atoms with Crippen LogP contribution in [0.4, 0.5) is 28.9 Å². The molecule has 4 rings (SSSR count). The summed E-state index contributed by atoms with van der Waals surface area (Å²) in [7, 11) is 0. The van der Waals surface area contributed by atoms with E-state index in [4.69, 9.17) is 0 Å². The Labute approximate surface area is 171 Å². The maximum atomic E-state index is 12.6. The number of nitrogens with zero attached hydrogens (tertiary/aromatic N) is 6. The predicted octanol–water partition coefficient (Wildman–Crippen LogP) is 3.48. The van der Waals surface area contributed by atoms with Crippen molar-refractivity contribution in [3.8, 4) is 0 Å². The number of nitrogens with one attached hydrogen (secondary N) is 1. The highest BCUT2D eigenvalue weighted by Crippen LogP contribution is 2.33. The van der Waals surface area contributed by atoms with Crippen molar-refractivity contribution in [2.45, 2.75) is 19.5 Å². The summed E-state index contributed by atoms with van der Waals surface area (Å²) in [6.45, 7) is 4.02. The molecule has 8 nitrogen and oxygen atoms in total. The van der Waals surface area contributed by atoms with Gasteiger partial charge in [-0.2, -0.15) is 13.2 Å². The number of rotatable bonds is 3. The Balaban J connectivity index is 1.40. The molecule has 0 unspecified atom stereocenters. The number of carbonyl (C=O) groups is 1. The fourth-order valence-electron chi connectivity index (χ4n) is 3.00. The summed E-state index contributed by atoms with van der Waals surface area (Å²) in [5.74, 6) is 0.838. The molecule has 3 aromatic rings. The lowest BCUT2D eigenvalue weighted by atomic mass is 10.2. The van der Waals surface area contributed by atoms with Crippen LogP contribution < -0.4 is 10.2 Å². The fraction of sp³-hybridized carbons (Fsp3) is 0.438. The third-order valence-corrected chi connectivity index (χ3v) is 6.53. The predicted molar refractivity (Wildman–Crippen MR) is 105 cm³/mol. The van der Waals surface area contributed by atoms with E-state index in [9.17, 15) is 18.0 Å². The van der Waals surface area contributed by atoms with E-state index < -0.39 is 17.2 Å². The lowest BCUT2D eigenvalue weighted by Crippen LogP contribution is -2.50. The van der Waals surface area contributed by atoms with Crippen molar-refractivity contribution in [3.63, 3.8) is 0 Å². The van der Waals surface area contributed by atoms with Gasteiger partial charge in [0, 0.05) is 31.1 Å². The topological polar surface area (TPSA) is 87.1 Å². The number of aryl methyl sites for hydroxylation is 1. The van der Waals surface area contributed by atoms with Gasteiger partial charge in [-0.15, -0.1) is 21.5 Å². The molecule has 1 saturated heterocycles. The molecule has 0 spiro atoms. The van der Waals surface area contributed by atoms with Crippen molar-refractivity contribution in [1.82, 2.24) is 25.1 Å². The first-order chi connectivity index (χ1) is 13.8. The van der Waals surface area contributed by atoms with Crippen molar-refractivity contribution in [3.05, 3.63) is 22.3 Å². The first-order valence-corrected chi connectivity index (χ1v) is 10.4. The average Bonchev–Trinajstić information content (AvgIpc) is 3.34. The number of aromatic nitrogens is 4. The first-order valence-electron chi connectivity index (χ1n) is 8.80. The normalized spacial score (nSPS) is 15.2. The Hall–Kier alpha value is -2.54. The lowest BCUT2D eigenvalue weighted by molar-refractivity contribution is -0.138. The van der Waals surface area contributed by atoms with Crippen LogP contribution >= 0.6 is 22.7 Å². The summed E-state index contributed by atoms with van der Waals surface area (Å²) in [6, 6.07) is 1.61. The van der Waals surface area contributed by atoms with Gasteiger partial charge in [0.1, 0.15) is 17.0 Å². The van der Waals surface area contributed by atoms with E-state index in [1.54, 1.807) is 17.7 Å². The molecule has 4 heterocycles. The monoisotopic (exact) mass is 443 g/mol. The van der Waals surface area contributed by atoms with Crippen LogP contribution in [0.1, 0.15) is 16.8 Å². The van der Waals surface area contributed by atoms with Gasteiger partial charge in [0.25, 0.3) is 0 Å². The molecular weight excluding hydrogens is 427 g/mol. The van der Waals surface area contributed by atoms with Crippen LogP contribution in [0.3, 0.4) is 0 Å². The van der Waals surface area contributed by atoms with Crippen LogP contribution in [0.15, 0.2) is 12.4 Å². The third-order valence-electron chi connectivity index (χ3n) is 4.46. The molecule has 0 aromatic carbocycles. The zero-order chi connectivity index (χ0) is 20.6. The standard InChI is InChI=1S/C16H16F3N7OS2/c1-2-9-7-10-11(20-8-21-12(10)28-9)25-3-5-26(6-4-25)15(27)22-14-24-23-13(29-14)16(17,18)19/h7-8H,2-6H2,1H3,(H,22,24,27). The van der Waals surface area contributed by atoms with Crippen molar-refractivity contribution in [2.75, 3.05) is 36.4 Å². The quantitative estimate of drug-likeness (QED) is 0.667. The number of fused-ring (bicyclic) bond motifs is 1. The van der Waals surface area contributed by atoms with Gasteiger partial charge >= 0.3 is 12.2 Å². The summed E-state index contributed by atoms with van der Waals surface area (Å²) in [5, 5.41) is 8.58. The van der Waals surface area contributed by atoms with E-state index in [1.165, 1.54) is 9.78 Å². The summed E-state index contributed by atoms with van der Waals surface area (Å²) < 4.78 is 37.8. The minimum absolute atomic E-state index is 0.173. The van der Waals surface area contributed by atoms with Gasteiger partial charge in [0.05, 0.1) is 5.39 Å². The number of halogens is 3. The van der Waals surface area contributed by atoms with Crippen LogP contribution in [0.2, 0.25) is 0 Å². The number of hydrogen-bond donors (Lipinski definition) is 1. The molecule has 154 valence electrons. The smallest absolute Gasteiger partial charge is 0.352 e. The highest BCUT2D eigenvalue weighted by atomic mass is 32.1. The molecular formula is C16H16F3N7OS2. The fourth-order valence-corrected chi connectivity index (χ4v) is 4.53. The SMILES string of the molecule is CCc1cc2c(N3CCN(C(=O)Nc4nnc(C(F)(F)F)s4)CC3)ncnc2s1. The largest absolute Gasteiger partial charge is 0.445 e. The van der Waals surface area contributed by atoms with E-state index in [-0.39, 0.29) is 5.13 Å². The molecule has 0 atom stereocenters. The third kappa shape index (κ3) is 4.10. The molecule has 1 aliphatic rings.